The lowest BCUT2D eigenvalue weighted by atomic mass is 10.5. The summed E-state index contributed by atoms with van der Waals surface area (Å²) in [4.78, 5) is 20.5. The number of hydrogen-bond donors (Lipinski definition) is 0. The lowest BCUT2D eigenvalue weighted by Gasteiger charge is -2.14. The zero-order chi connectivity index (χ0) is 11.1. The van der Waals surface area contributed by atoms with Gasteiger partial charge in [0.1, 0.15) is 12.3 Å². The van der Waals surface area contributed by atoms with Gasteiger partial charge in [-0.05, 0) is 0 Å². The third-order valence-corrected chi connectivity index (χ3v) is 1.57. The van der Waals surface area contributed by atoms with E-state index in [1.54, 1.807) is 6.08 Å². The van der Waals surface area contributed by atoms with Crippen LogP contribution in [0.4, 0.5) is 0 Å². The Morgan fingerprint density at radius 1 is 1.60 bits per heavy atom. The summed E-state index contributed by atoms with van der Waals surface area (Å²) in [5, 5.41) is 1.22. The highest BCUT2D eigenvalue weighted by atomic mass is 17.3. The number of ether oxygens (including phenoxy) is 2. The van der Waals surface area contributed by atoms with Gasteiger partial charge in [0.05, 0.1) is 13.2 Å². The van der Waals surface area contributed by atoms with Crippen molar-refractivity contribution in [3.8, 4) is 0 Å². The molecule has 1 aliphatic rings. The van der Waals surface area contributed by atoms with E-state index >= 15 is 0 Å². The molecule has 0 aromatic rings. The molecule has 1 saturated heterocycles. The SMILES string of the molecule is C=CCOCOC(=O)C(=C)N1CCOO1. The summed E-state index contributed by atoms with van der Waals surface area (Å²) in [7, 11) is 0. The zero-order valence-electron chi connectivity index (χ0n) is 8.31. The Morgan fingerprint density at radius 2 is 2.40 bits per heavy atom. The van der Waals surface area contributed by atoms with Crippen LogP contribution in [0.5, 0.6) is 0 Å². The topological polar surface area (TPSA) is 57.2 Å². The van der Waals surface area contributed by atoms with E-state index in [-0.39, 0.29) is 12.5 Å². The van der Waals surface area contributed by atoms with E-state index in [2.05, 4.69) is 23.0 Å². The average Bonchev–Trinajstić information content (AvgIpc) is 2.76. The molecule has 0 aromatic heterocycles. The maximum atomic E-state index is 11.3. The van der Waals surface area contributed by atoms with E-state index < -0.39 is 5.97 Å². The van der Waals surface area contributed by atoms with Crippen LogP contribution in [0.15, 0.2) is 24.9 Å². The fraction of sp³-hybridized carbons (Fsp3) is 0.444. The Morgan fingerprint density at radius 3 is 3.00 bits per heavy atom. The fourth-order valence-electron chi connectivity index (χ4n) is 0.850. The summed E-state index contributed by atoms with van der Waals surface area (Å²) < 4.78 is 9.61. The highest BCUT2D eigenvalue weighted by Crippen LogP contribution is 2.10. The largest absolute Gasteiger partial charge is 0.434 e. The minimum Gasteiger partial charge on any atom is -0.434 e. The first-order valence-electron chi connectivity index (χ1n) is 4.37. The van der Waals surface area contributed by atoms with Crippen LogP contribution in [0, 0.1) is 0 Å². The van der Waals surface area contributed by atoms with Crippen molar-refractivity contribution in [1.29, 1.82) is 0 Å². The van der Waals surface area contributed by atoms with Crippen LogP contribution in [0.25, 0.3) is 0 Å². The van der Waals surface area contributed by atoms with Gasteiger partial charge in [-0.15, -0.1) is 11.6 Å². The van der Waals surface area contributed by atoms with Crippen LogP contribution in [0.3, 0.4) is 0 Å². The molecular weight excluding hydrogens is 202 g/mol. The number of carbonyl (C=O) groups is 1. The molecule has 0 amide bonds. The Balaban J connectivity index is 2.20. The van der Waals surface area contributed by atoms with Gasteiger partial charge in [-0.2, -0.15) is 0 Å². The van der Waals surface area contributed by atoms with Gasteiger partial charge in [0, 0.05) is 0 Å². The third kappa shape index (κ3) is 3.70. The summed E-state index contributed by atoms with van der Waals surface area (Å²) in [6.07, 6.45) is 1.56. The third-order valence-electron chi connectivity index (χ3n) is 1.57. The van der Waals surface area contributed by atoms with Gasteiger partial charge in [-0.25, -0.2) is 14.7 Å². The van der Waals surface area contributed by atoms with E-state index in [9.17, 15) is 4.79 Å². The van der Waals surface area contributed by atoms with Crippen molar-refractivity contribution in [1.82, 2.24) is 5.06 Å². The van der Waals surface area contributed by atoms with E-state index in [4.69, 9.17) is 9.47 Å². The van der Waals surface area contributed by atoms with Crippen molar-refractivity contribution in [2.45, 2.75) is 0 Å². The average molecular weight is 215 g/mol. The van der Waals surface area contributed by atoms with Gasteiger partial charge in [0.25, 0.3) is 0 Å². The molecule has 0 bridgehead atoms. The summed E-state index contributed by atoms with van der Waals surface area (Å²) in [6.45, 7) is 7.97. The van der Waals surface area contributed by atoms with E-state index in [0.717, 1.165) is 0 Å². The Bertz CT molecular complexity index is 247. The van der Waals surface area contributed by atoms with Crippen LogP contribution < -0.4 is 0 Å². The minimum absolute atomic E-state index is 0.0784. The summed E-state index contributed by atoms with van der Waals surface area (Å²) >= 11 is 0. The van der Waals surface area contributed by atoms with Gasteiger partial charge >= 0.3 is 5.97 Å². The normalized spacial score (nSPS) is 15.1. The maximum Gasteiger partial charge on any atom is 0.358 e. The highest BCUT2D eigenvalue weighted by Gasteiger charge is 2.22. The number of nitrogens with zero attached hydrogens (tertiary/aromatic N) is 1. The minimum atomic E-state index is -0.607. The lowest BCUT2D eigenvalue weighted by Crippen LogP contribution is -2.25. The fourth-order valence-corrected chi connectivity index (χ4v) is 0.850. The van der Waals surface area contributed by atoms with Gasteiger partial charge in [0.15, 0.2) is 6.79 Å². The van der Waals surface area contributed by atoms with Crippen LogP contribution in [0.2, 0.25) is 0 Å². The number of rotatable bonds is 6. The second kappa shape index (κ2) is 6.18. The van der Waals surface area contributed by atoms with E-state index in [0.29, 0.717) is 19.8 Å². The molecule has 1 fully saturated rings. The van der Waals surface area contributed by atoms with E-state index in [1.807, 2.05) is 0 Å². The molecule has 0 atom stereocenters. The van der Waals surface area contributed by atoms with Crippen LogP contribution >= 0.6 is 0 Å². The van der Waals surface area contributed by atoms with Gasteiger partial charge in [0.2, 0.25) is 0 Å². The lowest BCUT2D eigenvalue weighted by molar-refractivity contribution is -0.357. The molecule has 1 rings (SSSR count). The smallest absolute Gasteiger partial charge is 0.358 e. The van der Waals surface area contributed by atoms with Crippen LogP contribution in [0.1, 0.15) is 0 Å². The molecular formula is C9H13NO5. The summed E-state index contributed by atoms with van der Waals surface area (Å²) in [5.41, 5.74) is 0.0784. The first-order chi connectivity index (χ1) is 7.25. The zero-order valence-corrected chi connectivity index (χ0v) is 8.31. The van der Waals surface area contributed by atoms with Crippen LogP contribution in [-0.2, 0) is 24.1 Å². The summed E-state index contributed by atoms with van der Waals surface area (Å²) in [6, 6.07) is 0. The molecule has 0 saturated carbocycles. The molecule has 6 heteroatoms. The van der Waals surface area contributed by atoms with Crippen molar-refractivity contribution >= 4 is 5.97 Å². The number of carbonyl (C=O) groups excluding carboxylic acids is 1. The predicted octanol–water partition coefficient (Wildman–Crippen LogP) is 0.382. The van der Waals surface area contributed by atoms with Gasteiger partial charge in [-0.1, -0.05) is 12.7 Å². The first-order valence-corrected chi connectivity index (χ1v) is 4.37. The molecule has 1 aliphatic heterocycles. The molecule has 6 nitrogen and oxygen atoms in total. The standard InChI is InChI=1S/C9H13NO5/c1-3-5-12-7-13-9(11)8(2)10-4-6-14-15-10/h3H,1-2,4-7H2. The summed E-state index contributed by atoms with van der Waals surface area (Å²) in [5.74, 6) is -0.607. The number of hydrogen-bond acceptors (Lipinski definition) is 6. The molecule has 0 radical (unpaired) electrons. The van der Waals surface area contributed by atoms with Crippen molar-refractivity contribution in [3.63, 3.8) is 0 Å². The molecule has 0 spiro atoms. The van der Waals surface area contributed by atoms with Crippen molar-refractivity contribution < 1.29 is 24.1 Å². The van der Waals surface area contributed by atoms with Gasteiger partial charge in [-0.3, -0.25) is 0 Å². The monoisotopic (exact) mass is 215 g/mol. The molecule has 0 aliphatic carbocycles. The number of hydroxylamine groups is 2. The van der Waals surface area contributed by atoms with Crippen molar-refractivity contribution in [2.24, 2.45) is 0 Å². The second-order valence-electron chi connectivity index (χ2n) is 2.65. The first kappa shape index (κ1) is 11.7. The maximum absolute atomic E-state index is 11.3. The molecule has 1 heterocycles. The second-order valence-corrected chi connectivity index (χ2v) is 2.65. The van der Waals surface area contributed by atoms with Crippen molar-refractivity contribution in [3.05, 3.63) is 24.9 Å². The predicted molar refractivity (Wildman–Crippen MR) is 50.0 cm³/mol. The molecule has 0 aromatic carbocycles. The molecule has 15 heavy (non-hydrogen) atoms. The Hall–Kier alpha value is -1.37. The highest BCUT2D eigenvalue weighted by molar-refractivity contribution is 5.86. The van der Waals surface area contributed by atoms with Crippen LogP contribution in [-0.4, -0.2) is 37.6 Å². The molecule has 0 unspecified atom stereocenters. The van der Waals surface area contributed by atoms with Gasteiger partial charge < -0.3 is 9.47 Å². The Kier molecular flexibility index (Phi) is 4.82. The van der Waals surface area contributed by atoms with E-state index in [1.165, 1.54) is 5.06 Å². The van der Waals surface area contributed by atoms with Crippen molar-refractivity contribution in [2.75, 3.05) is 26.6 Å². The molecule has 84 valence electrons. The quantitative estimate of drug-likeness (QED) is 0.159. The number of esters is 1. The molecule has 0 N–H and O–H groups in total. The Labute approximate surface area is 87.5 Å².